The molecule has 0 saturated carbocycles. The molecule has 0 aliphatic heterocycles. The summed E-state index contributed by atoms with van der Waals surface area (Å²) in [6.45, 7) is 3.93. The number of aryl methyl sites for hydroxylation is 1. The molecule has 0 unspecified atom stereocenters. The number of ether oxygens (including phenoxy) is 1. The monoisotopic (exact) mass is 543 g/mol. The van der Waals surface area contributed by atoms with E-state index >= 15 is 0 Å². The third-order valence-electron chi connectivity index (χ3n) is 5.27. The van der Waals surface area contributed by atoms with Gasteiger partial charge in [0, 0.05) is 16.5 Å². The summed E-state index contributed by atoms with van der Waals surface area (Å²) < 4.78 is 6.29. The molecule has 0 aliphatic rings. The van der Waals surface area contributed by atoms with E-state index in [9.17, 15) is 14.4 Å². The van der Waals surface area contributed by atoms with Crippen molar-refractivity contribution in [2.45, 2.75) is 65.2 Å². The smallest absolute Gasteiger partial charge is 0.343 e. The molecule has 0 heterocycles. The van der Waals surface area contributed by atoms with E-state index in [0.29, 0.717) is 23.3 Å². The van der Waals surface area contributed by atoms with Gasteiger partial charge in [-0.1, -0.05) is 79.1 Å². The van der Waals surface area contributed by atoms with Crippen molar-refractivity contribution >= 4 is 39.9 Å². The first-order valence-corrected chi connectivity index (χ1v) is 12.9. The minimum Gasteiger partial charge on any atom is -0.422 e. The molecule has 2 N–H and O–H groups in total. The van der Waals surface area contributed by atoms with Gasteiger partial charge >= 0.3 is 5.97 Å². The molecule has 0 atom stereocenters. The second-order valence-corrected chi connectivity index (χ2v) is 9.30. The lowest BCUT2D eigenvalue weighted by atomic mass is 10.1. The summed E-state index contributed by atoms with van der Waals surface area (Å²) in [6, 6.07) is 12.2. The Morgan fingerprint density at radius 1 is 0.971 bits per heavy atom. The summed E-state index contributed by atoms with van der Waals surface area (Å²) in [7, 11) is 0. The maximum atomic E-state index is 12.5. The zero-order valence-corrected chi connectivity index (χ0v) is 22.0. The number of hydrogen-bond acceptors (Lipinski definition) is 5. The lowest BCUT2D eigenvalue weighted by Gasteiger charge is -2.08. The summed E-state index contributed by atoms with van der Waals surface area (Å²) in [5.41, 5.74) is 4.28. The highest BCUT2D eigenvalue weighted by Gasteiger charge is 2.12. The molecule has 2 aromatic carbocycles. The Balaban J connectivity index is 1.78. The van der Waals surface area contributed by atoms with Crippen LogP contribution in [0.15, 0.2) is 52.0 Å². The van der Waals surface area contributed by atoms with Crippen molar-refractivity contribution in [2.24, 2.45) is 5.10 Å². The fourth-order valence-corrected chi connectivity index (χ4v) is 3.75. The molecule has 0 aromatic heterocycles. The first-order chi connectivity index (χ1) is 16.9. The molecule has 35 heavy (non-hydrogen) atoms. The number of benzene rings is 2. The van der Waals surface area contributed by atoms with Gasteiger partial charge in [0.2, 0.25) is 5.91 Å². The summed E-state index contributed by atoms with van der Waals surface area (Å²) in [4.78, 5) is 36.4. The number of carbonyl (C=O) groups excluding carboxylic acids is 3. The number of nitrogens with zero attached hydrogens (tertiary/aromatic N) is 1. The molecule has 0 fully saturated rings. The maximum absolute atomic E-state index is 12.5. The number of hydrazone groups is 1. The summed E-state index contributed by atoms with van der Waals surface area (Å²) in [5.74, 6) is -0.767. The second-order valence-electron chi connectivity index (χ2n) is 8.38. The Morgan fingerprint density at radius 3 is 2.46 bits per heavy atom. The first kappa shape index (κ1) is 28.2. The van der Waals surface area contributed by atoms with Gasteiger partial charge < -0.3 is 10.1 Å². The van der Waals surface area contributed by atoms with Crippen molar-refractivity contribution in [3.05, 3.63) is 63.6 Å². The van der Waals surface area contributed by atoms with Crippen LogP contribution in [-0.4, -0.2) is 30.5 Å². The number of halogens is 1. The van der Waals surface area contributed by atoms with Crippen molar-refractivity contribution in [3.63, 3.8) is 0 Å². The predicted molar refractivity (Wildman–Crippen MR) is 142 cm³/mol. The highest BCUT2D eigenvalue weighted by Crippen LogP contribution is 2.23. The van der Waals surface area contributed by atoms with Crippen molar-refractivity contribution in [2.75, 3.05) is 6.54 Å². The third-order valence-corrected chi connectivity index (χ3v) is 5.77. The Kier molecular flexibility index (Phi) is 12.8. The van der Waals surface area contributed by atoms with Crippen LogP contribution in [0, 0.1) is 6.92 Å². The number of amides is 2. The molecule has 0 spiro atoms. The average Bonchev–Trinajstić information content (AvgIpc) is 2.83. The van der Waals surface area contributed by atoms with Crippen molar-refractivity contribution < 1.29 is 19.1 Å². The molecule has 7 nitrogen and oxygen atoms in total. The molecule has 0 aliphatic carbocycles. The zero-order chi connectivity index (χ0) is 25.5. The standard InChI is InChI=1S/C27H34BrN3O4/c1-3-4-5-6-7-8-9-13-25(32)29-19-26(33)31-30-18-22-17-23(28)14-15-24(22)35-27(34)21-12-10-11-20(2)16-21/h10-12,14-18H,3-9,13,19H2,1-2H3,(H,29,32)(H,31,33)/b30-18-. The Hall–Kier alpha value is -3.00. The predicted octanol–water partition coefficient (Wildman–Crippen LogP) is 5.68. The quantitative estimate of drug-likeness (QED) is 0.105. The van der Waals surface area contributed by atoms with Crippen molar-refractivity contribution in [1.29, 1.82) is 0 Å². The molecule has 0 saturated heterocycles. The number of esters is 1. The van der Waals surface area contributed by atoms with E-state index in [1.807, 2.05) is 13.0 Å². The van der Waals surface area contributed by atoms with Crippen molar-refractivity contribution in [1.82, 2.24) is 10.7 Å². The molecular formula is C27H34BrN3O4. The summed E-state index contributed by atoms with van der Waals surface area (Å²) in [6.07, 6.45) is 9.74. The zero-order valence-electron chi connectivity index (χ0n) is 20.4. The van der Waals surface area contributed by atoms with Gasteiger partial charge in [-0.25, -0.2) is 10.2 Å². The van der Waals surface area contributed by atoms with E-state index in [2.05, 4.69) is 38.7 Å². The minimum atomic E-state index is -0.488. The molecule has 0 bridgehead atoms. The fraction of sp³-hybridized carbons (Fsp3) is 0.407. The number of nitrogens with one attached hydrogen (secondary N) is 2. The Morgan fingerprint density at radius 2 is 1.71 bits per heavy atom. The minimum absolute atomic E-state index is 0.143. The van der Waals surface area contributed by atoms with Crippen LogP contribution in [0.4, 0.5) is 0 Å². The van der Waals surface area contributed by atoms with Crippen LogP contribution < -0.4 is 15.5 Å². The summed E-state index contributed by atoms with van der Waals surface area (Å²) >= 11 is 3.38. The van der Waals surface area contributed by atoms with Crippen LogP contribution in [0.1, 0.15) is 79.8 Å². The normalized spacial score (nSPS) is 10.8. The van der Waals surface area contributed by atoms with Crippen molar-refractivity contribution in [3.8, 4) is 5.75 Å². The molecule has 8 heteroatoms. The van der Waals surface area contributed by atoms with Gasteiger partial charge in [0.05, 0.1) is 18.3 Å². The lowest BCUT2D eigenvalue weighted by Crippen LogP contribution is -2.34. The number of hydrogen-bond donors (Lipinski definition) is 2. The van der Waals surface area contributed by atoms with Crippen LogP contribution in [0.3, 0.4) is 0 Å². The average molecular weight is 544 g/mol. The highest BCUT2D eigenvalue weighted by atomic mass is 79.9. The maximum Gasteiger partial charge on any atom is 0.343 e. The van der Waals surface area contributed by atoms with E-state index in [4.69, 9.17) is 4.74 Å². The van der Waals surface area contributed by atoms with Gasteiger partial charge in [-0.2, -0.15) is 5.10 Å². The fourth-order valence-electron chi connectivity index (χ4n) is 3.37. The van der Waals surface area contributed by atoms with Gasteiger partial charge in [0.25, 0.3) is 5.91 Å². The van der Waals surface area contributed by atoms with E-state index in [1.54, 1.807) is 36.4 Å². The van der Waals surface area contributed by atoms with Gasteiger partial charge in [-0.15, -0.1) is 0 Å². The Bertz CT molecular complexity index is 1020. The van der Waals surface area contributed by atoms with Gasteiger partial charge in [0.1, 0.15) is 5.75 Å². The third kappa shape index (κ3) is 11.3. The molecule has 188 valence electrons. The van der Waals surface area contributed by atoms with Gasteiger partial charge in [-0.05, 0) is 43.7 Å². The first-order valence-electron chi connectivity index (χ1n) is 12.1. The van der Waals surface area contributed by atoms with E-state index < -0.39 is 11.9 Å². The number of carbonyl (C=O) groups is 3. The number of rotatable bonds is 14. The van der Waals surface area contributed by atoms with Crippen LogP contribution >= 0.6 is 15.9 Å². The SMILES string of the molecule is CCCCCCCCCC(=O)NCC(=O)N/N=C\c1cc(Br)ccc1OC(=O)c1cccc(C)c1. The van der Waals surface area contributed by atoms with E-state index in [-0.39, 0.29) is 12.5 Å². The van der Waals surface area contributed by atoms with Gasteiger partial charge in [0.15, 0.2) is 0 Å². The van der Waals surface area contributed by atoms with Gasteiger partial charge in [-0.3, -0.25) is 9.59 Å². The molecule has 2 rings (SSSR count). The van der Waals surface area contributed by atoms with Crippen LogP contribution in [0.5, 0.6) is 5.75 Å². The largest absolute Gasteiger partial charge is 0.422 e. The molecule has 2 aromatic rings. The lowest BCUT2D eigenvalue weighted by molar-refractivity contribution is -0.126. The molecule has 0 radical (unpaired) electrons. The summed E-state index contributed by atoms with van der Waals surface area (Å²) in [5, 5.41) is 6.55. The Labute approximate surface area is 215 Å². The molecule has 2 amide bonds. The van der Waals surface area contributed by atoms with Crippen LogP contribution in [0.2, 0.25) is 0 Å². The number of unbranched alkanes of at least 4 members (excludes halogenated alkanes) is 6. The highest BCUT2D eigenvalue weighted by molar-refractivity contribution is 9.10. The van der Waals surface area contributed by atoms with E-state index in [1.165, 1.54) is 31.9 Å². The second kappa shape index (κ2) is 15.8. The topological polar surface area (TPSA) is 96.9 Å². The molecular weight excluding hydrogens is 510 g/mol. The van der Waals surface area contributed by atoms with Crippen LogP contribution in [0.25, 0.3) is 0 Å². The van der Waals surface area contributed by atoms with Crippen LogP contribution in [-0.2, 0) is 9.59 Å². The van der Waals surface area contributed by atoms with E-state index in [0.717, 1.165) is 29.3 Å².